The topological polar surface area (TPSA) is 67.4 Å². The van der Waals surface area contributed by atoms with Gasteiger partial charge in [0, 0.05) is 12.5 Å². The molecule has 3 atom stereocenters. The van der Waals surface area contributed by atoms with Crippen LogP contribution in [0.15, 0.2) is 0 Å². The highest BCUT2D eigenvalue weighted by Gasteiger charge is 2.28. The minimum absolute atomic E-state index is 0.0542. The lowest BCUT2D eigenvalue weighted by Gasteiger charge is -2.16. The molecule has 0 saturated heterocycles. The molecule has 5 heteroatoms. The lowest BCUT2D eigenvalue weighted by Crippen LogP contribution is -2.46. The Kier molecular flexibility index (Phi) is 5.41. The maximum atomic E-state index is 11.8. The van der Waals surface area contributed by atoms with Crippen molar-refractivity contribution < 1.29 is 14.3 Å². The van der Waals surface area contributed by atoms with Crippen molar-refractivity contribution in [3.8, 4) is 0 Å². The summed E-state index contributed by atoms with van der Waals surface area (Å²) >= 11 is 0. The summed E-state index contributed by atoms with van der Waals surface area (Å²) in [6, 6.07) is -0.470. The number of likely N-dealkylation sites (N-methyl/N-ethyl adjacent to an activating group) is 1. The summed E-state index contributed by atoms with van der Waals surface area (Å²) in [7, 11) is 3.01. The molecule has 1 aliphatic carbocycles. The van der Waals surface area contributed by atoms with Gasteiger partial charge in [0.05, 0.1) is 7.11 Å². The summed E-state index contributed by atoms with van der Waals surface area (Å²) in [5, 5.41) is 5.63. The summed E-state index contributed by atoms with van der Waals surface area (Å²) in [5.74, 6) is 0.442. The number of carbonyl (C=O) groups excluding carboxylic acids is 2. The van der Waals surface area contributed by atoms with Crippen molar-refractivity contribution in [2.24, 2.45) is 11.8 Å². The van der Waals surface area contributed by atoms with Gasteiger partial charge < -0.3 is 15.4 Å². The first-order valence-electron chi connectivity index (χ1n) is 6.11. The predicted octanol–water partition coefficient (Wildman–Crippen LogP) is 0.300. The fourth-order valence-electron chi connectivity index (χ4n) is 2.24. The van der Waals surface area contributed by atoms with E-state index in [2.05, 4.69) is 22.3 Å². The fourth-order valence-corrected chi connectivity index (χ4v) is 2.24. The number of ether oxygens (including phenoxy) is 1. The molecule has 0 heterocycles. The zero-order valence-corrected chi connectivity index (χ0v) is 10.8. The number of rotatable bonds is 5. The summed E-state index contributed by atoms with van der Waals surface area (Å²) in [6.07, 6.45) is 3.02. The van der Waals surface area contributed by atoms with Crippen LogP contribution in [-0.2, 0) is 14.3 Å². The van der Waals surface area contributed by atoms with E-state index in [0.717, 1.165) is 19.3 Å². The van der Waals surface area contributed by atoms with Crippen molar-refractivity contribution in [2.75, 3.05) is 20.7 Å². The second-order valence-electron chi connectivity index (χ2n) is 4.72. The van der Waals surface area contributed by atoms with E-state index in [1.807, 2.05) is 0 Å². The van der Waals surface area contributed by atoms with Crippen LogP contribution in [0.4, 0.5) is 0 Å². The third-order valence-electron chi connectivity index (χ3n) is 3.38. The van der Waals surface area contributed by atoms with Crippen molar-refractivity contribution in [1.29, 1.82) is 0 Å². The van der Waals surface area contributed by atoms with Gasteiger partial charge in [0.2, 0.25) is 5.91 Å². The molecule has 98 valence electrons. The highest BCUT2D eigenvalue weighted by molar-refractivity contribution is 5.81. The quantitative estimate of drug-likeness (QED) is 0.680. The Bertz CT molecular complexity index is 281. The minimum atomic E-state index is -0.470. The van der Waals surface area contributed by atoms with E-state index in [4.69, 9.17) is 0 Å². The summed E-state index contributed by atoms with van der Waals surface area (Å²) in [4.78, 5) is 23.1. The molecule has 1 rings (SSSR count). The van der Waals surface area contributed by atoms with Crippen molar-refractivity contribution in [1.82, 2.24) is 10.6 Å². The Morgan fingerprint density at radius 2 is 2.12 bits per heavy atom. The number of amides is 1. The van der Waals surface area contributed by atoms with Crippen LogP contribution < -0.4 is 10.6 Å². The van der Waals surface area contributed by atoms with Crippen molar-refractivity contribution >= 4 is 11.9 Å². The molecule has 0 aromatic carbocycles. The average molecular weight is 242 g/mol. The largest absolute Gasteiger partial charge is 0.468 e. The normalized spacial score (nSPS) is 25.4. The molecule has 0 aromatic rings. The molecule has 0 bridgehead atoms. The molecule has 0 spiro atoms. The second kappa shape index (κ2) is 6.59. The van der Waals surface area contributed by atoms with Gasteiger partial charge in [-0.25, -0.2) is 0 Å². The molecule has 1 fully saturated rings. The first-order chi connectivity index (χ1) is 8.08. The third kappa shape index (κ3) is 4.00. The fraction of sp³-hybridized carbons (Fsp3) is 0.833. The molecule has 3 unspecified atom stereocenters. The zero-order valence-electron chi connectivity index (χ0n) is 10.8. The number of nitrogens with one attached hydrogen (secondary N) is 2. The molecule has 1 aliphatic rings. The lowest BCUT2D eigenvalue weighted by molar-refractivity contribution is -0.143. The van der Waals surface area contributed by atoms with Gasteiger partial charge >= 0.3 is 5.97 Å². The van der Waals surface area contributed by atoms with Crippen LogP contribution in [0.1, 0.15) is 26.2 Å². The summed E-state index contributed by atoms with van der Waals surface area (Å²) in [6.45, 7) is 2.45. The SMILES string of the molecule is CNC(CNC(=O)C1CCC(C)C1)C(=O)OC. The zero-order chi connectivity index (χ0) is 12.8. The van der Waals surface area contributed by atoms with E-state index in [9.17, 15) is 9.59 Å². The third-order valence-corrected chi connectivity index (χ3v) is 3.38. The molecular weight excluding hydrogens is 220 g/mol. The van der Waals surface area contributed by atoms with Crippen LogP contribution in [-0.4, -0.2) is 38.6 Å². The van der Waals surface area contributed by atoms with Gasteiger partial charge in [-0.1, -0.05) is 6.92 Å². The molecule has 0 radical (unpaired) electrons. The van der Waals surface area contributed by atoms with E-state index in [1.54, 1.807) is 7.05 Å². The Morgan fingerprint density at radius 1 is 1.41 bits per heavy atom. The smallest absolute Gasteiger partial charge is 0.324 e. The van der Waals surface area contributed by atoms with Crippen molar-refractivity contribution in [2.45, 2.75) is 32.2 Å². The van der Waals surface area contributed by atoms with Gasteiger partial charge in [-0.15, -0.1) is 0 Å². The highest BCUT2D eigenvalue weighted by atomic mass is 16.5. The van der Waals surface area contributed by atoms with Crippen LogP contribution in [0.3, 0.4) is 0 Å². The second-order valence-corrected chi connectivity index (χ2v) is 4.72. The molecule has 0 aromatic heterocycles. The molecule has 1 saturated carbocycles. The van der Waals surface area contributed by atoms with Gasteiger partial charge in [-0.05, 0) is 32.2 Å². The van der Waals surface area contributed by atoms with E-state index in [1.165, 1.54) is 7.11 Å². The Morgan fingerprint density at radius 3 is 2.59 bits per heavy atom. The number of carbonyl (C=O) groups is 2. The Balaban J connectivity index is 2.34. The minimum Gasteiger partial charge on any atom is -0.468 e. The number of hydrogen-bond donors (Lipinski definition) is 2. The average Bonchev–Trinajstić information content (AvgIpc) is 2.76. The standard InChI is InChI=1S/C12H22N2O3/c1-8-4-5-9(6-8)11(15)14-7-10(13-2)12(16)17-3/h8-10,13H,4-7H2,1-3H3,(H,14,15). The number of hydrogen-bond acceptors (Lipinski definition) is 4. The van der Waals surface area contributed by atoms with Gasteiger partial charge in [0.1, 0.15) is 6.04 Å². The Hall–Kier alpha value is -1.10. The molecule has 1 amide bonds. The predicted molar refractivity (Wildman–Crippen MR) is 64.4 cm³/mol. The van der Waals surface area contributed by atoms with Crippen LogP contribution in [0.25, 0.3) is 0 Å². The van der Waals surface area contributed by atoms with Gasteiger partial charge in [-0.3, -0.25) is 9.59 Å². The van der Waals surface area contributed by atoms with Crippen LogP contribution in [0.5, 0.6) is 0 Å². The molecule has 5 nitrogen and oxygen atoms in total. The molecular formula is C12H22N2O3. The molecule has 2 N–H and O–H groups in total. The highest BCUT2D eigenvalue weighted by Crippen LogP contribution is 2.30. The first kappa shape index (κ1) is 14.0. The number of methoxy groups -OCH3 is 1. The van der Waals surface area contributed by atoms with Gasteiger partial charge in [0.15, 0.2) is 0 Å². The van der Waals surface area contributed by atoms with Crippen molar-refractivity contribution in [3.63, 3.8) is 0 Å². The van der Waals surface area contributed by atoms with E-state index in [0.29, 0.717) is 5.92 Å². The van der Waals surface area contributed by atoms with Crippen LogP contribution in [0, 0.1) is 11.8 Å². The van der Waals surface area contributed by atoms with Crippen molar-refractivity contribution in [3.05, 3.63) is 0 Å². The van der Waals surface area contributed by atoms with E-state index < -0.39 is 6.04 Å². The molecule has 17 heavy (non-hydrogen) atoms. The lowest BCUT2D eigenvalue weighted by atomic mass is 10.1. The monoisotopic (exact) mass is 242 g/mol. The van der Waals surface area contributed by atoms with Gasteiger partial charge in [-0.2, -0.15) is 0 Å². The van der Waals surface area contributed by atoms with E-state index in [-0.39, 0.29) is 24.3 Å². The maximum Gasteiger partial charge on any atom is 0.324 e. The summed E-state index contributed by atoms with van der Waals surface area (Å²) < 4.78 is 4.63. The summed E-state index contributed by atoms with van der Waals surface area (Å²) in [5.41, 5.74) is 0. The van der Waals surface area contributed by atoms with Crippen LogP contribution >= 0.6 is 0 Å². The van der Waals surface area contributed by atoms with E-state index >= 15 is 0 Å². The Labute approximate surface area is 102 Å². The maximum absolute atomic E-state index is 11.8. The van der Waals surface area contributed by atoms with Crippen LogP contribution in [0.2, 0.25) is 0 Å². The van der Waals surface area contributed by atoms with Gasteiger partial charge in [0.25, 0.3) is 0 Å². The first-order valence-corrected chi connectivity index (χ1v) is 6.11. The molecule has 0 aliphatic heterocycles. The number of esters is 1.